The molecule has 55 heavy (non-hydrogen) atoms. The molecule has 0 aromatic rings. The molecule has 1 saturated heterocycles. The molecule has 8 nitrogen and oxygen atoms in total. The van der Waals surface area contributed by atoms with Crippen molar-refractivity contribution in [3.63, 3.8) is 0 Å². The largest absolute Gasteiger partial charge is 0.463 e. The second-order valence-corrected chi connectivity index (χ2v) is 15.9. The van der Waals surface area contributed by atoms with Crippen molar-refractivity contribution in [2.75, 3.05) is 39.5 Å². The average Bonchev–Trinajstić information content (AvgIpc) is 3.19. The van der Waals surface area contributed by atoms with Crippen LogP contribution in [-0.2, 0) is 23.8 Å². The lowest BCUT2D eigenvalue weighted by molar-refractivity contribution is -0.147. The molecule has 0 atom stereocenters. The SMILES string of the molecule is CCCCCCCC/C=C\CCCCCCCC(=O)OCC(COC(=O)CCCCCCC/C=C\CCCCCCCC)NC(=O)OCCN1CCCCC1. The quantitative estimate of drug-likeness (QED) is 0.0289. The van der Waals surface area contributed by atoms with Crippen LogP contribution in [0.25, 0.3) is 0 Å². The molecule has 0 unspecified atom stereocenters. The summed E-state index contributed by atoms with van der Waals surface area (Å²) in [7, 11) is 0. The molecule has 0 radical (unpaired) electrons. The van der Waals surface area contributed by atoms with Crippen LogP contribution in [0.3, 0.4) is 0 Å². The van der Waals surface area contributed by atoms with E-state index in [0.29, 0.717) is 26.0 Å². The fourth-order valence-electron chi connectivity index (χ4n) is 7.00. The molecule has 1 aliphatic heterocycles. The van der Waals surface area contributed by atoms with Gasteiger partial charge in [0, 0.05) is 19.4 Å². The number of nitrogens with one attached hydrogen (secondary N) is 1. The second kappa shape index (κ2) is 39.9. The standard InChI is InChI=1S/C47H86N2O6/c1-3-5-7-9-11-13-15-17-19-21-23-25-27-29-32-36-45(50)54-42-44(48-47(52)53-41-40-49-38-34-31-35-39-49)43-55-46(51)37-33-30-28-26-24-22-20-18-16-14-12-10-8-6-4-2/h17-20,44H,3-16,21-43H2,1-2H3,(H,48,52)/b19-17-,20-18-. The predicted molar refractivity (Wildman–Crippen MR) is 229 cm³/mol. The maximum Gasteiger partial charge on any atom is 0.407 e. The first-order valence-corrected chi connectivity index (χ1v) is 23.3. The lowest BCUT2D eigenvalue weighted by atomic mass is 10.1. The number of carbonyl (C=O) groups is 3. The number of hydrogen-bond acceptors (Lipinski definition) is 7. The summed E-state index contributed by atoms with van der Waals surface area (Å²) >= 11 is 0. The number of carbonyl (C=O) groups excluding carboxylic acids is 3. The van der Waals surface area contributed by atoms with Crippen LogP contribution >= 0.6 is 0 Å². The fourth-order valence-corrected chi connectivity index (χ4v) is 7.00. The van der Waals surface area contributed by atoms with Gasteiger partial charge < -0.3 is 19.5 Å². The van der Waals surface area contributed by atoms with Gasteiger partial charge in [-0.15, -0.1) is 0 Å². The van der Waals surface area contributed by atoms with Crippen molar-refractivity contribution in [2.45, 2.75) is 219 Å². The third kappa shape index (κ3) is 35.8. The van der Waals surface area contributed by atoms with Crippen molar-refractivity contribution in [1.82, 2.24) is 10.2 Å². The number of unbranched alkanes of at least 4 members (excludes halogenated alkanes) is 22. The van der Waals surface area contributed by atoms with E-state index in [9.17, 15) is 14.4 Å². The zero-order valence-electron chi connectivity index (χ0n) is 35.9. The zero-order chi connectivity index (χ0) is 39.7. The Morgan fingerprint density at radius 3 is 1.31 bits per heavy atom. The van der Waals surface area contributed by atoms with Gasteiger partial charge in [-0.25, -0.2) is 4.79 Å². The molecule has 1 aliphatic rings. The van der Waals surface area contributed by atoms with Crippen LogP contribution < -0.4 is 5.32 Å². The highest BCUT2D eigenvalue weighted by Crippen LogP contribution is 2.13. The predicted octanol–water partition coefficient (Wildman–Crippen LogP) is 12.7. The number of likely N-dealkylation sites (tertiary alicyclic amines) is 1. The highest BCUT2D eigenvalue weighted by molar-refractivity contribution is 5.70. The lowest BCUT2D eigenvalue weighted by Gasteiger charge is -2.26. The van der Waals surface area contributed by atoms with Crippen LogP contribution in [0.2, 0.25) is 0 Å². The molecule has 1 N–H and O–H groups in total. The molecule has 1 amide bonds. The minimum Gasteiger partial charge on any atom is -0.463 e. The van der Waals surface area contributed by atoms with Gasteiger partial charge in [0.15, 0.2) is 0 Å². The highest BCUT2D eigenvalue weighted by atomic mass is 16.6. The Bertz CT molecular complexity index is 892. The van der Waals surface area contributed by atoms with Gasteiger partial charge in [0.05, 0.1) is 0 Å². The van der Waals surface area contributed by atoms with Crippen molar-refractivity contribution in [2.24, 2.45) is 0 Å². The van der Waals surface area contributed by atoms with Gasteiger partial charge in [0.1, 0.15) is 25.9 Å². The Hall–Kier alpha value is -2.35. The molecule has 0 spiro atoms. The summed E-state index contributed by atoms with van der Waals surface area (Å²) in [5, 5.41) is 2.76. The van der Waals surface area contributed by atoms with E-state index in [-0.39, 0.29) is 25.2 Å². The smallest absolute Gasteiger partial charge is 0.407 e. The summed E-state index contributed by atoms with van der Waals surface area (Å²) in [6, 6.07) is -0.654. The highest BCUT2D eigenvalue weighted by Gasteiger charge is 2.19. The molecule has 320 valence electrons. The topological polar surface area (TPSA) is 94.2 Å². The van der Waals surface area contributed by atoms with E-state index in [1.54, 1.807) is 0 Å². The van der Waals surface area contributed by atoms with Crippen LogP contribution in [0.1, 0.15) is 213 Å². The lowest BCUT2D eigenvalue weighted by Crippen LogP contribution is -2.43. The summed E-state index contributed by atoms with van der Waals surface area (Å²) < 4.78 is 16.5. The van der Waals surface area contributed by atoms with Crippen molar-refractivity contribution in [3.05, 3.63) is 24.3 Å². The summed E-state index contributed by atoms with van der Waals surface area (Å²) in [6.07, 6.45) is 44.4. The Labute approximate surface area is 338 Å². The number of esters is 2. The summed E-state index contributed by atoms with van der Waals surface area (Å²) in [4.78, 5) is 40.0. The van der Waals surface area contributed by atoms with Crippen molar-refractivity contribution < 1.29 is 28.6 Å². The van der Waals surface area contributed by atoms with Crippen molar-refractivity contribution in [3.8, 4) is 0 Å². The molecule has 8 heteroatoms. The first kappa shape index (κ1) is 50.7. The number of ether oxygens (including phenoxy) is 3. The number of nitrogens with zero attached hydrogens (tertiary/aromatic N) is 1. The average molecular weight is 775 g/mol. The molecule has 0 bridgehead atoms. The Morgan fingerprint density at radius 2 is 0.891 bits per heavy atom. The monoisotopic (exact) mass is 775 g/mol. The van der Waals surface area contributed by atoms with E-state index in [2.05, 4.69) is 48.4 Å². The van der Waals surface area contributed by atoms with Crippen LogP contribution in [0.15, 0.2) is 24.3 Å². The maximum absolute atomic E-state index is 12.6. The van der Waals surface area contributed by atoms with Gasteiger partial charge in [-0.05, 0) is 90.1 Å². The number of alkyl carbamates (subject to hydrolysis) is 1. The summed E-state index contributed by atoms with van der Waals surface area (Å²) in [5.41, 5.74) is 0. The van der Waals surface area contributed by atoms with Crippen LogP contribution in [-0.4, -0.2) is 68.4 Å². The summed E-state index contributed by atoms with van der Waals surface area (Å²) in [6.45, 7) is 7.49. The number of rotatable bonds is 38. The van der Waals surface area contributed by atoms with Crippen LogP contribution in [0.4, 0.5) is 4.79 Å². The molecule has 1 rings (SSSR count). The van der Waals surface area contributed by atoms with E-state index >= 15 is 0 Å². The van der Waals surface area contributed by atoms with E-state index < -0.39 is 12.1 Å². The second-order valence-electron chi connectivity index (χ2n) is 15.9. The molecular formula is C47H86N2O6. The number of piperidine rings is 1. The van der Waals surface area contributed by atoms with E-state index in [1.807, 2.05) is 0 Å². The maximum atomic E-state index is 12.6. The van der Waals surface area contributed by atoms with Crippen molar-refractivity contribution in [1.29, 1.82) is 0 Å². The van der Waals surface area contributed by atoms with Gasteiger partial charge in [0.2, 0.25) is 0 Å². The van der Waals surface area contributed by atoms with Gasteiger partial charge in [-0.1, -0.05) is 147 Å². The minimum atomic E-state index is -0.654. The van der Waals surface area contributed by atoms with Crippen molar-refractivity contribution >= 4 is 18.0 Å². The first-order valence-electron chi connectivity index (χ1n) is 23.3. The van der Waals surface area contributed by atoms with E-state index in [1.165, 1.54) is 135 Å². The molecule has 1 heterocycles. The minimum absolute atomic E-state index is 0.0498. The number of allylic oxidation sites excluding steroid dienone is 4. The zero-order valence-corrected chi connectivity index (χ0v) is 35.9. The molecule has 0 saturated carbocycles. The molecule has 0 aromatic carbocycles. The Kier molecular flexibility index (Phi) is 36.7. The van der Waals surface area contributed by atoms with Gasteiger partial charge in [-0.2, -0.15) is 0 Å². The first-order chi connectivity index (χ1) is 27.0. The van der Waals surface area contributed by atoms with Gasteiger partial charge in [0.25, 0.3) is 0 Å². The van der Waals surface area contributed by atoms with Gasteiger partial charge >= 0.3 is 18.0 Å². The Balaban J connectivity index is 2.23. The molecule has 0 aromatic heterocycles. The van der Waals surface area contributed by atoms with Crippen LogP contribution in [0, 0.1) is 0 Å². The molecular weight excluding hydrogens is 689 g/mol. The normalized spacial score (nSPS) is 13.6. The van der Waals surface area contributed by atoms with E-state index in [4.69, 9.17) is 14.2 Å². The number of hydrogen-bond donors (Lipinski definition) is 1. The van der Waals surface area contributed by atoms with Crippen LogP contribution in [0.5, 0.6) is 0 Å². The Morgan fingerprint density at radius 1 is 0.509 bits per heavy atom. The third-order valence-corrected chi connectivity index (χ3v) is 10.6. The third-order valence-electron chi connectivity index (χ3n) is 10.6. The molecule has 0 aliphatic carbocycles. The number of amides is 1. The fraction of sp³-hybridized carbons (Fsp3) is 0.851. The summed E-state index contributed by atoms with van der Waals surface area (Å²) in [5.74, 6) is -0.579. The molecule has 1 fully saturated rings. The van der Waals surface area contributed by atoms with Gasteiger partial charge in [-0.3, -0.25) is 14.5 Å². The van der Waals surface area contributed by atoms with E-state index in [0.717, 1.165) is 64.5 Å².